The lowest BCUT2D eigenvalue weighted by atomic mass is 9.80. The molecule has 0 bridgehead atoms. The van der Waals surface area contributed by atoms with Crippen molar-refractivity contribution in [3.63, 3.8) is 0 Å². The Kier molecular flexibility index (Phi) is 3.78. The fourth-order valence-corrected chi connectivity index (χ4v) is 3.05. The SMILES string of the molecule is Cc1cc2c(c(=O)o1)C(c1ccc(F)c(Br)c1)C(C#N)C(=N)O2. The Labute approximate surface area is 138 Å². The van der Waals surface area contributed by atoms with Crippen LogP contribution < -0.4 is 10.4 Å². The van der Waals surface area contributed by atoms with Crippen LogP contribution in [0.1, 0.15) is 22.8 Å². The average molecular weight is 377 g/mol. The Morgan fingerprint density at radius 2 is 2.13 bits per heavy atom. The summed E-state index contributed by atoms with van der Waals surface area (Å²) in [7, 11) is 0. The predicted octanol–water partition coefficient (Wildman–Crippen LogP) is 3.49. The molecule has 1 aromatic heterocycles. The van der Waals surface area contributed by atoms with Crippen molar-refractivity contribution in [2.24, 2.45) is 5.92 Å². The number of ether oxygens (including phenoxy) is 1. The summed E-state index contributed by atoms with van der Waals surface area (Å²) in [6, 6.07) is 7.70. The van der Waals surface area contributed by atoms with Gasteiger partial charge in [0.2, 0.25) is 5.90 Å². The lowest BCUT2D eigenvalue weighted by molar-refractivity contribution is 0.403. The van der Waals surface area contributed by atoms with Crippen molar-refractivity contribution in [2.45, 2.75) is 12.8 Å². The zero-order chi connectivity index (χ0) is 16.7. The van der Waals surface area contributed by atoms with Crippen LogP contribution in [-0.2, 0) is 0 Å². The monoisotopic (exact) mass is 376 g/mol. The third kappa shape index (κ3) is 2.55. The molecule has 2 atom stereocenters. The molecule has 23 heavy (non-hydrogen) atoms. The summed E-state index contributed by atoms with van der Waals surface area (Å²) in [6.07, 6.45) is 0. The van der Waals surface area contributed by atoms with Gasteiger partial charge in [-0.2, -0.15) is 5.26 Å². The van der Waals surface area contributed by atoms with E-state index in [9.17, 15) is 14.4 Å². The zero-order valence-corrected chi connectivity index (χ0v) is 13.5. The number of nitrogens with one attached hydrogen (secondary N) is 1. The van der Waals surface area contributed by atoms with Crippen molar-refractivity contribution in [3.8, 4) is 11.8 Å². The van der Waals surface area contributed by atoms with Gasteiger partial charge in [-0.1, -0.05) is 6.07 Å². The van der Waals surface area contributed by atoms with Crippen molar-refractivity contribution in [1.82, 2.24) is 0 Å². The largest absolute Gasteiger partial charge is 0.441 e. The molecule has 5 nitrogen and oxygen atoms in total. The van der Waals surface area contributed by atoms with Gasteiger partial charge in [-0.25, -0.2) is 9.18 Å². The van der Waals surface area contributed by atoms with Crippen LogP contribution in [0.3, 0.4) is 0 Å². The molecule has 2 aromatic rings. The van der Waals surface area contributed by atoms with Gasteiger partial charge < -0.3 is 9.15 Å². The van der Waals surface area contributed by atoms with Crippen molar-refractivity contribution in [2.75, 3.05) is 0 Å². The van der Waals surface area contributed by atoms with E-state index in [0.29, 0.717) is 11.3 Å². The summed E-state index contributed by atoms with van der Waals surface area (Å²) in [6.45, 7) is 1.59. The topological polar surface area (TPSA) is 87.1 Å². The molecule has 0 aliphatic carbocycles. The maximum Gasteiger partial charge on any atom is 0.343 e. The van der Waals surface area contributed by atoms with E-state index in [0.717, 1.165) is 0 Å². The van der Waals surface area contributed by atoms with Crippen LogP contribution in [0.4, 0.5) is 4.39 Å². The second-order valence-electron chi connectivity index (χ2n) is 5.15. The van der Waals surface area contributed by atoms with Gasteiger partial charge in [0, 0.05) is 12.0 Å². The van der Waals surface area contributed by atoms with Gasteiger partial charge in [0.25, 0.3) is 0 Å². The number of hydrogen-bond donors (Lipinski definition) is 1. The van der Waals surface area contributed by atoms with Crippen molar-refractivity contribution in [1.29, 1.82) is 10.7 Å². The summed E-state index contributed by atoms with van der Waals surface area (Å²) in [5, 5.41) is 17.3. The molecule has 116 valence electrons. The van der Waals surface area contributed by atoms with Crippen LogP contribution in [0.25, 0.3) is 0 Å². The van der Waals surface area contributed by atoms with E-state index < -0.39 is 23.3 Å². The van der Waals surface area contributed by atoms with Gasteiger partial charge >= 0.3 is 5.63 Å². The third-order valence-electron chi connectivity index (χ3n) is 3.66. The summed E-state index contributed by atoms with van der Waals surface area (Å²) in [5.74, 6) is -1.93. The minimum absolute atomic E-state index is 0.164. The summed E-state index contributed by atoms with van der Waals surface area (Å²) >= 11 is 3.10. The molecule has 1 aliphatic heterocycles. The molecule has 0 spiro atoms. The molecule has 2 heterocycles. The van der Waals surface area contributed by atoms with E-state index in [4.69, 9.17) is 14.6 Å². The first-order chi connectivity index (χ1) is 10.9. The quantitative estimate of drug-likeness (QED) is 0.824. The highest BCUT2D eigenvalue weighted by Gasteiger charge is 2.39. The Hall–Kier alpha value is -2.46. The lowest BCUT2D eigenvalue weighted by Crippen LogP contribution is -2.34. The highest BCUT2D eigenvalue weighted by Crippen LogP contribution is 2.41. The fourth-order valence-electron chi connectivity index (χ4n) is 2.66. The first kappa shape index (κ1) is 15.4. The van der Waals surface area contributed by atoms with E-state index in [1.807, 2.05) is 6.07 Å². The molecular weight excluding hydrogens is 367 g/mol. The number of benzene rings is 1. The van der Waals surface area contributed by atoms with Crippen LogP contribution in [0, 0.1) is 35.4 Å². The van der Waals surface area contributed by atoms with E-state index in [1.54, 1.807) is 6.92 Å². The minimum atomic E-state index is -0.995. The van der Waals surface area contributed by atoms with Gasteiger partial charge in [0.1, 0.15) is 23.2 Å². The number of nitriles is 1. The number of halogens is 2. The molecule has 1 aromatic carbocycles. The van der Waals surface area contributed by atoms with Crippen LogP contribution in [0.2, 0.25) is 0 Å². The van der Waals surface area contributed by atoms with Crippen molar-refractivity contribution < 1.29 is 13.5 Å². The standard InChI is InChI=1S/C16H10BrFN2O3/c1-7-4-12-14(16(21)22-7)13(9(6-19)15(20)23-12)8-2-3-11(18)10(17)5-8/h2-5,9,13,20H,1H3. The van der Waals surface area contributed by atoms with Crippen LogP contribution in [0.5, 0.6) is 5.75 Å². The molecule has 7 heteroatoms. The molecule has 0 fully saturated rings. The van der Waals surface area contributed by atoms with E-state index in [-0.39, 0.29) is 21.7 Å². The van der Waals surface area contributed by atoms with Crippen LogP contribution in [0.15, 0.2) is 37.9 Å². The Morgan fingerprint density at radius 3 is 2.78 bits per heavy atom. The highest BCUT2D eigenvalue weighted by atomic mass is 79.9. The van der Waals surface area contributed by atoms with Gasteiger partial charge in [-0.3, -0.25) is 5.41 Å². The fraction of sp³-hybridized carbons (Fsp3) is 0.188. The molecule has 1 N–H and O–H groups in total. The highest BCUT2D eigenvalue weighted by molar-refractivity contribution is 9.10. The second kappa shape index (κ2) is 5.63. The summed E-state index contributed by atoms with van der Waals surface area (Å²) < 4.78 is 24.1. The van der Waals surface area contributed by atoms with Gasteiger partial charge in [-0.05, 0) is 40.5 Å². The van der Waals surface area contributed by atoms with E-state index in [1.165, 1.54) is 24.3 Å². The molecule has 3 rings (SSSR count). The second-order valence-corrected chi connectivity index (χ2v) is 6.00. The summed E-state index contributed by atoms with van der Waals surface area (Å²) in [4.78, 5) is 12.3. The number of rotatable bonds is 1. The first-order valence-corrected chi connectivity index (χ1v) is 7.47. The molecule has 2 unspecified atom stereocenters. The van der Waals surface area contributed by atoms with Crippen LogP contribution >= 0.6 is 15.9 Å². The normalized spacial score (nSPS) is 19.7. The molecular formula is C16H10BrFN2O3. The Balaban J connectivity index is 2.28. The molecule has 0 amide bonds. The molecule has 0 saturated carbocycles. The molecule has 0 radical (unpaired) electrons. The van der Waals surface area contributed by atoms with E-state index >= 15 is 0 Å². The molecule has 1 aliphatic rings. The number of nitrogens with zero attached hydrogens (tertiary/aromatic N) is 1. The van der Waals surface area contributed by atoms with Gasteiger partial charge in [0.05, 0.1) is 16.1 Å². The maximum absolute atomic E-state index is 13.5. The third-order valence-corrected chi connectivity index (χ3v) is 4.27. The van der Waals surface area contributed by atoms with E-state index in [2.05, 4.69) is 15.9 Å². The van der Waals surface area contributed by atoms with Crippen molar-refractivity contribution >= 4 is 21.8 Å². The minimum Gasteiger partial charge on any atom is -0.441 e. The number of fused-ring (bicyclic) bond motifs is 1. The smallest absolute Gasteiger partial charge is 0.343 e. The Morgan fingerprint density at radius 1 is 1.39 bits per heavy atom. The predicted molar refractivity (Wildman–Crippen MR) is 83.1 cm³/mol. The molecule has 0 saturated heterocycles. The first-order valence-electron chi connectivity index (χ1n) is 6.68. The van der Waals surface area contributed by atoms with Gasteiger partial charge in [-0.15, -0.1) is 0 Å². The Bertz CT molecular complexity index is 917. The zero-order valence-electron chi connectivity index (χ0n) is 11.9. The van der Waals surface area contributed by atoms with Gasteiger partial charge in [0.15, 0.2) is 0 Å². The average Bonchev–Trinajstić information content (AvgIpc) is 2.48. The number of hydrogen-bond acceptors (Lipinski definition) is 5. The summed E-state index contributed by atoms with van der Waals surface area (Å²) in [5.41, 5.74) is 0.0603. The van der Waals surface area contributed by atoms with Crippen molar-refractivity contribution in [3.05, 3.63) is 61.9 Å². The lowest BCUT2D eigenvalue weighted by Gasteiger charge is -2.29. The van der Waals surface area contributed by atoms with Crippen LogP contribution in [-0.4, -0.2) is 5.90 Å². The maximum atomic E-state index is 13.5. The number of aryl methyl sites for hydroxylation is 1.